The summed E-state index contributed by atoms with van der Waals surface area (Å²) in [7, 11) is -2.32. The molecule has 2 amide bonds. The summed E-state index contributed by atoms with van der Waals surface area (Å²) in [5.41, 5.74) is 1.56. The van der Waals surface area contributed by atoms with Crippen LogP contribution in [0.25, 0.3) is 0 Å². The molecule has 0 aromatic heterocycles. The van der Waals surface area contributed by atoms with Gasteiger partial charge < -0.3 is 19.7 Å². The topological polar surface area (TPSA) is 105 Å². The largest absolute Gasteiger partial charge is 0.495 e. The number of piperidine rings is 1. The summed E-state index contributed by atoms with van der Waals surface area (Å²) in [6.45, 7) is 0.797. The van der Waals surface area contributed by atoms with Crippen molar-refractivity contribution in [3.05, 3.63) is 83.4 Å². The van der Waals surface area contributed by atoms with E-state index >= 15 is 0 Å². The third-order valence-corrected chi connectivity index (χ3v) is 9.40. The standard InChI is InChI=1S/C29H30ClN3O6S/c1-38-25-12-11-22(17-23(25)30)40(36,37)32-15-13-21(14-16-32)29(35)33-19-27(39-26-10-6-5-9-24(26)33)28(34)31-18-20-7-3-2-4-8-20/h2-12,17,21,27H,13-16,18-19H2,1H3,(H,31,34)/t27-/m0/s1. The molecule has 0 saturated carbocycles. The first kappa shape index (κ1) is 27.9. The van der Waals surface area contributed by atoms with Crippen molar-refractivity contribution >= 4 is 39.1 Å². The van der Waals surface area contributed by atoms with Crippen LogP contribution in [0.1, 0.15) is 18.4 Å². The number of nitrogens with zero attached hydrogens (tertiary/aromatic N) is 2. The average molecular weight is 584 g/mol. The number of halogens is 1. The van der Waals surface area contributed by atoms with Crippen molar-refractivity contribution in [3.63, 3.8) is 0 Å². The number of ether oxygens (including phenoxy) is 2. The van der Waals surface area contributed by atoms with Crippen LogP contribution in [-0.2, 0) is 26.2 Å². The Bertz CT molecular complexity index is 1490. The molecule has 1 fully saturated rings. The molecular weight excluding hydrogens is 554 g/mol. The second kappa shape index (κ2) is 11.9. The molecule has 1 N–H and O–H groups in total. The molecule has 40 heavy (non-hydrogen) atoms. The summed E-state index contributed by atoms with van der Waals surface area (Å²) < 4.78 is 38.9. The Morgan fingerprint density at radius 1 is 1.02 bits per heavy atom. The predicted octanol–water partition coefficient (Wildman–Crippen LogP) is 3.86. The highest BCUT2D eigenvalue weighted by atomic mass is 35.5. The van der Waals surface area contributed by atoms with Crippen molar-refractivity contribution in [1.29, 1.82) is 0 Å². The Hall–Kier alpha value is -3.60. The van der Waals surface area contributed by atoms with Gasteiger partial charge >= 0.3 is 0 Å². The first-order valence-electron chi connectivity index (χ1n) is 13.0. The summed E-state index contributed by atoms with van der Waals surface area (Å²) in [5, 5.41) is 3.11. The number of carbonyl (C=O) groups is 2. The van der Waals surface area contributed by atoms with Gasteiger partial charge in [0.2, 0.25) is 15.9 Å². The van der Waals surface area contributed by atoms with Gasteiger partial charge in [-0.15, -0.1) is 0 Å². The van der Waals surface area contributed by atoms with Crippen LogP contribution in [0.4, 0.5) is 5.69 Å². The van der Waals surface area contributed by atoms with Gasteiger partial charge in [0.15, 0.2) is 6.10 Å². The molecule has 1 saturated heterocycles. The van der Waals surface area contributed by atoms with Crippen LogP contribution >= 0.6 is 11.6 Å². The van der Waals surface area contributed by atoms with Crippen molar-refractivity contribution in [2.75, 3.05) is 31.6 Å². The number of benzene rings is 3. The van der Waals surface area contributed by atoms with E-state index in [2.05, 4.69) is 5.32 Å². The van der Waals surface area contributed by atoms with Crippen molar-refractivity contribution in [3.8, 4) is 11.5 Å². The highest BCUT2D eigenvalue weighted by Crippen LogP contribution is 2.36. The van der Waals surface area contributed by atoms with Crippen LogP contribution in [0.2, 0.25) is 5.02 Å². The molecule has 2 aliphatic rings. The Kier molecular flexibility index (Phi) is 8.30. The maximum absolute atomic E-state index is 13.7. The molecule has 0 radical (unpaired) electrons. The van der Waals surface area contributed by atoms with Crippen molar-refractivity contribution < 1.29 is 27.5 Å². The minimum atomic E-state index is -3.79. The van der Waals surface area contributed by atoms with E-state index in [-0.39, 0.29) is 41.4 Å². The third-order valence-electron chi connectivity index (χ3n) is 7.21. The number of hydrogen-bond donors (Lipinski definition) is 1. The lowest BCUT2D eigenvalue weighted by atomic mass is 9.95. The van der Waals surface area contributed by atoms with E-state index in [1.54, 1.807) is 23.1 Å². The summed E-state index contributed by atoms with van der Waals surface area (Å²) in [5.74, 6) is -0.0115. The van der Waals surface area contributed by atoms with E-state index in [0.29, 0.717) is 36.6 Å². The minimum absolute atomic E-state index is 0.0688. The van der Waals surface area contributed by atoms with Gasteiger partial charge in [-0.05, 0) is 48.7 Å². The van der Waals surface area contributed by atoms with Crippen molar-refractivity contribution in [1.82, 2.24) is 9.62 Å². The zero-order chi connectivity index (χ0) is 28.3. The summed E-state index contributed by atoms with van der Waals surface area (Å²) in [6.07, 6.45) is -0.165. The lowest BCUT2D eigenvalue weighted by Crippen LogP contribution is -2.53. The monoisotopic (exact) mass is 583 g/mol. The van der Waals surface area contributed by atoms with E-state index in [4.69, 9.17) is 21.1 Å². The SMILES string of the molecule is COc1ccc(S(=O)(=O)N2CCC(C(=O)N3C[C@@H](C(=O)NCc4ccccc4)Oc4ccccc43)CC2)cc1Cl. The highest BCUT2D eigenvalue weighted by Gasteiger charge is 2.39. The number of para-hydroxylation sites is 2. The number of fused-ring (bicyclic) bond motifs is 1. The fourth-order valence-electron chi connectivity index (χ4n) is 5.00. The van der Waals surface area contributed by atoms with Gasteiger partial charge in [-0.1, -0.05) is 54.1 Å². The van der Waals surface area contributed by atoms with Crippen LogP contribution in [0, 0.1) is 5.92 Å². The minimum Gasteiger partial charge on any atom is -0.495 e. The number of amides is 2. The van der Waals surface area contributed by atoms with E-state index < -0.39 is 22.0 Å². The molecule has 0 bridgehead atoms. The maximum atomic E-state index is 13.7. The number of anilines is 1. The number of carbonyl (C=O) groups excluding carboxylic acids is 2. The fraction of sp³-hybridized carbons (Fsp3) is 0.310. The van der Waals surface area contributed by atoms with E-state index in [0.717, 1.165) is 5.56 Å². The second-order valence-electron chi connectivity index (χ2n) is 9.70. The average Bonchev–Trinajstić information content (AvgIpc) is 2.99. The van der Waals surface area contributed by atoms with Crippen LogP contribution in [0.5, 0.6) is 11.5 Å². The first-order valence-corrected chi connectivity index (χ1v) is 14.8. The van der Waals surface area contributed by atoms with Gasteiger partial charge in [0, 0.05) is 25.6 Å². The highest BCUT2D eigenvalue weighted by molar-refractivity contribution is 7.89. The first-order chi connectivity index (χ1) is 19.3. The number of nitrogens with one attached hydrogen (secondary N) is 1. The molecule has 2 heterocycles. The third kappa shape index (κ3) is 5.79. The summed E-state index contributed by atoms with van der Waals surface area (Å²) >= 11 is 6.15. The molecule has 5 rings (SSSR count). The molecule has 11 heteroatoms. The zero-order valence-electron chi connectivity index (χ0n) is 22.0. The Morgan fingerprint density at radius 2 is 1.73 bits per heavy atom. The van der Waals surface area contributed by atoms with Gasteiger partial charge in [0.25, 0.3) is 5.91 Å². The van der Waals surface area contributed by atoms with Gasteiger partial charge in [-0.2, -0.15) is 4.31 Å². The molecular formula is C29H30ClN3O6S. The summed E-state index contributed by atoms with van der Waals surface area (Å²) in [6, 6.07) is 21.0. The van der Waals surface area contributed by atoms with Gasteiger partial charge in [0.05, 0.1) is 29.3 Å². The van der Waals surface area contributed by atoms with Gasteiger partial charge in [-0.25, -0.2) is 8.42 Å². The zero-order valence-corrected chi connectivity index (χ0v) is 23.5. The maximum Gasteiger partial charge on any atom is 0.263 e. The van der Waals surface area contributed by atoms with Crippen LogP contribution in [0.3, 0.4) is 0 Å². The van der Waals surface area contributed by atoms with Crippen LogP contribution < -0.4 is 19.7 Å². The molecule has 210 valence electrons. The summed E-state index contributed by atoms with van der Waals surface area (Å²) in [4.78, 5) is 28.4. The molecule has 0 aliphatic carbocycles. The van der Waals surface area contributed by atoms with E-state index in [1.807, 2.05) is 36.4 Å². The molecule has 2 aliphatic heterocycles. The lowest BCUT2D eigenvalue weighted by molar-refractivity contribution is -0.129. The fourth-order valence-corrected chi connectivity index (χ4v) is 6.82. The molecule has 1 atom stereocenters. The number of rotatable bonds is 7. The molecule has 9 nitrogen and oxygen atoms in total. The normalized spacial score (nSPS) is 17.9. The molecule has 0 unspecified atom stereocenters. The van der Waals surface area contributed by atoms with Crippen molar-refractivity contribution in [2.45, 2.75) is 30.4 Å². The predicted molar refractivity (Wildman–Crippen MR) is 151 cm³/mol. The van der Waals surface area contributed by atoms with Gasteiger partial charge in [0.1, 0.15) is 11.5 Å². The number of methoxy groups -OCH3 is 1. The molecule has 0 spiro atoms. The second-order valence-corrected chi connectivity index (χ2v) is 12.0. The van der Waals surface area contributed by atoms with E-state index in [1.165, 1.54) is 29.6 Å². The lowest BCUT2D eigenvalue weighted by Gasteiger charge is -2.38. The number of hydrogen-bond acceptors (Lipinski definition) is 6. The quantitative estimate of drug-likeness (QED) is 0.453. The molecule has 3 aromatic carbocycles. The Morgan fingerprint density at radius 3 is 2.42 bits per heavy atom. The smallest absolute Gasteiger partial charge is 0.263 e. The van der Waals surface area contributed by atoms with Gasteiger partial charge in [-0.3, -0.25) is 9.59 Å². The molecule has 3 aromatic rings. The van der Waals surface area contributed by atoms with Crippen molar-refractivity contribution in [2.24, 2.45) is 5.92 Å². The number of sulfonamides is 1. The Labute approximate surface area is 238 Å². The van der Waals surface area contributed by atoms with Crippen LogP contribution in [-0.4, -0.2) is 57.4 Å². The Balaban J connectivity index is 1.26. The van der Waals surface area contributed by atoms with E-state index in [9.17, 15) is 18.0 Å². The van der Waals surface area contributed by atoms with Crippen LogP contribution in [0.15, 0.2) is 77.7 Å².